The minimum Gasteiger partial charge on any atom is -0.357 e. The first kappa shape index (κ1) is 12.4. The Kier molecular flexibility index (Phi) is 4.04. The number of anilines is 1. The van der Waals surface area contributed by atoms with Crippen LogP contribution in [0.1, 0.15) is 0 Å². The molecule has 0 atom stereocenters. The maximum absolute atomic E-state index is 5.90. The van der Waals surface area contributed by atoms with Gasteiger partial charge >= 0.3 is 0 Å². The second-order valence-corrected chi connectivity index (χ2v) is 4.84. The first-order chi connectivity index (χ1) is 8.17. The molecule has 0 radical (unpaired) electrons. The maximum atomic E-state index is 5.90. The normalized spacial score (nSPS) is 10.3. The van der Waals surface area contributed by atoms with Crippen molar-refractivity contribution in [3.63, 3.8) is 0 Å². The van der Waals surface area contributed by atoms with E-state index in [2.05, 4.69) is 20.3 Å². The van der Waals surface area contributed by atoms with Crippen molar-refractivity contribution >= 4 is 40.9 Å². The van der Waals surface area contributed by atoms with Gasteiger partial charge in [-0.1, -0.05) is 17.7 Å². The molecule has 1 heterocycles. The molecule has 0 saturated heterocycles. The van der Waals surface area contributed by atoms with Gasteiger partial charge in [-0.3, -0.25) is 0 Å². The van der Waals surface area contributed by atoms with Crippen molar-refractivity contribution < 1.29 is 0 Å². The van der Waals surface area contributed by atoms with Crippen molar-refractivity contribution in [3.8, 4) is 0 Å². The van der Waals surface area contributed by atoms with E-state index in [4.69, 9.17) is 23.2 Å². The molecule has 0 unspecified atom stereocenters. The Morgan fingerprint density at radius 2 is 2.00 bits per heavy atom. The Labute approximate surface area is 113 Å². The third-order valence-electron chi connectivity index (χ3n) is 1.82. The average Bonchev–Trinajstić information content (AvgIpc) is 2.28. The Bertz CT molecular complexity index is 535. The predicted octanol–water partition coefficient (Wildman–Crippen LogP) is 3.37. The number of rotatable bonds is 3. The van der Waals surface area contributed by atoms with E-state index in [9.17, 15) is 0 Å². The van der Waals surface area contributed by atoms with Gasteiger partial charge in [0.25, 0.3) is 0 Å². The lowest BCUT2D eigenvalue weighted by molar-refractivity contribution is 0.908. The Balaban J connectivity index is 2.26. The smallest absolute Gasteiger partial charge is 0.228 e. The topological polar surface area (TPSA) is 50.7 Å². The fourth-order valence-corrected chi connectivity index (χ4v) is 2.40. The fraction of sp³-hybridized carbons (Fsp3) is 0.100. The van der Waals surface area contributed by atoms with Gasteiger partial charge < -0.3 is 5.32 Å². The minimum atomic E-state index is 0.161. The minimum absolute atomic E-state index is 0.161. The Morgan fingerprint density at radius 1 is 1.18 bits per heavy atom. The van der Waals surface area contributed by atoms with Gasteiger partial charge in [0, 0.05) is 17.0 Å². The zero-order valence-electron chi connectivity index (χ0n) is 8.82. The van der Waals surface area contributed by atoms with Gasteiger partial charge in [-0.15, -0.1) is 0 Å². The molecule has 0 amide bonds. The average molecular weight is 287 g/mol. The lowest BCUT2D eigenvalue weighted by Gasteiger charge is -2.03. The van der Waals surface area contributed by atoms with Crippen molar-refractivity contribution in [2.24, 2.45) is 0 Å². The maximum Gasteiger partial charge on any atom is 0.228 e. The fourth-order valence-electron chi connectivity index (χ4n) is 1.13. The molecule has 2 aromatic rings. The summed E-state index contributed by atoms with van der Waals surface area (Å²) < 4.78 is 0. The largest absolute Gasteiger partial charge is 0.357 e. The highest BCUT2D eigenvalue weighted by molar-refractivity contribution is 7.99. The van der Waals surface area contributed by atoms with Crippen LogP contribution >= 0.6 is 35.0 Å². The van der Waals surface area contributed by atoms with Gasteiger partial charge in [0.15, 0.2) is 5.16 Å². The number of benzene rings is 1. The Morgan fingerprint density at radius 3 is 2.71 bits per heavy atom. The summed E-state index contributed by atoms with van der Waals surface area (Å²) in [5.41, 5.74) is 0. The van der Waals surface area contributed by atoms with E-state index in [1.54, 1.807) is 7.05 Å². The van der Waals surface area contributed by atoms with E-state index in [0.29, 0.717) is 16.1 Å². The van der Waals surface area contributed by atoms with E-state index in [-0.39, 0.29) is 5.28 Å². The molecule has 1 N–H and O–H groups in total. The molecule has 17 heavy (non-hydrogen) atoms. The van der Waals surface area contributed by atoms with Crippen molar-refractivity contribution in [1.82, 2.24) is 15.0 Å². The summed E-state index contributed by atoms with van der Waals surface area (Å²) in [7, 11) is 1.72. The number of hydrogen-bond donors (Lipinski definition) is 1. The van der Waals surface area contributed by atoms with E-state index in [1.807, 2.05) is 24.3 Å². The van der Waals surface area contributed by atoms with Crippen LogP contribution in [0, 0.1) is 0 Å². The van der Waals surface area contributed by atoms with Gasteiger partial charge in [0.2, 0.25) is 11.2 Å². The quantitative estimate of drug-likeness (QED) is 0.938. The molecule has 4 nitrogen and oxygen atoms in total. The summed E-state index contributed by atoms with van der Waals surface area (Å²) in [5.74, 6) is 0.439. The molecule has 7 heteroatoms. The lowest BCUT2D eigenvalue weighted by atomic mass is 10.4. The van der Waals surface area contributed by atoms with Crippen LogP contribution in [-0.4, -0.2) is 22.0 Å². The number of halogens is 2. The molecule has 0 fully saturated rings. The van der Waals surface area contributed by atoms with Crippen LogP contribution < -0.4 is 5.32 Å². The molecule has 1 aromatic heterocycles. The SMILES string of the molecule is CNc1nc(Cl)nc(Sc2cccc(Cl)c2)n1. The molecule has 0 spiro atoms. The molecule has 0 bridgehead atoms. The Hall–Kier alpha value is -1.04. The monoisotopic (exact) mass is 286 g/mol. The van der Waals surface area contributed by atoms with Crippen LogP contribution in [0.15, 0.2) is 34.3 Å². The van der Waals surface area contributed by atoms with Gasteiger partial charge in [-0.05, 0) is 41.6 Å². The van der Waals surface area contributed by atoms with E-state index in [1.165, 1.54) is 11.8 Å². The van der Waals surface area contributed by atoms with Crippen LogP contribution in [0.2, 0.25) is 10.3 Å². The molecule has 0 aliphatic carbocycles. The highest BCUT2D eigenvalue weighted by Crippen LogP contribution is 2.27. The lowest BCUT2D eigenvalue weighted by Crippen LogP contribution is -1.99. The molecule has 0 saturated carbocycles. The third kappa shape index (κ3) is 3.46. The third-order valence-corrected chi connectivity index (χ3v) is 3.08. The zero-order valence-corrected chi connectivity index (χ0v) is 11.1. The summed E-state index contributed by atoms with van der Waals surface area (Å²) in [6, 6.07) is 7.44. The van der Waals surface area contributed by atoms with Gasteiger partial charge in [-0.25, -0.2) is 0 Å². The highest BCUT2D eigenvalue weighted by atomic mass is 35.5. The van der Waals surface area contributed by atoms with Gasteiger partial charge in [0.1, 0.15) is 0 Å². The molecule has 0 aliphatic heterocycles. The summed E-state index contributed by atoms with van der Waals surface area (Å²) in [6.45, 7) is 0. The summed E-state index contributed by atoms with van der Waals surface area (Å²) in [6.07, 6.45) is 0. The summed E-state index contributed by atoms with van der Waals surface area (Å²) >= 11 is 13.1. The van der Waals surface area contributed by atoms with Crippen LogP contribution in [-0.2, 0) is 0 Å². The van der Waals surface area contributed by atoms with Crippen LogP contribution in [0.4, 0.5) is 5.95 Å². The summed E-state index contributed by atoms with van der Waals surface area (Å²) in [4.78, 5) is 13.1. The zero-order chi connectivity index (χ0) is 12.3. The first-order valence-corrected chi connectivity index (χ1v) is 6.27. The number of nitrogens with zero attached hydrogens (tertiary/aromatic N) is 3. The van der Waals surface area contributed by atoms with E-state index >= 15 is 0 Å². The van der Waals surface area contributed by atoms with Gasteiger partial charge in [-0.2, -0.15) is 15.0 Å². The van der Waals surface area contributed by atoms with Crippen molar-refractivity contribution in [1.29, 1.82) is 0 Å². The van der Waals surface area contributed by atoms with E-state index < -0.39 is 0 Å². The molecule has 88 valence electrons. The molecular weight excluding hydrogens is 279 g/mol. The number of hydrogen-bond acceptors (Lipinski definition) is 5. The van der Waals surface area contributed by atoms with E-state index in [0.717, 1.165) is 4.90 Å². The number of aromatic nitrogens is 3. The molecule has 0 aliphatic rings. The van der Waals surface area contributed by atoms with Crippen molar-refractivity contribution in [2.45, 2.75) is 10.1 Å². The summed E-state index contributed by atoms with van der Waals surface area (Å²) in [5, 5.41) is 4.18. The van der Waals surface area contributed by atoms with Crippen molar-refractivity contribution in [3.05, 3.63) is 34.6 Å². The second-order valence-electron chi connectivity index (χ2n) is 3.02. The first-order valence-electron chi connectivity index (χ1n) is 4.70. The van der Waals surface area contributed by atoms with Crippen LogP contribution in [0.25, 0.3) is 0 Å². The predicted molar refractivity (Wildman–Crippen MR) is 70.0 cm³/mol. The second kappa shape index (κ2) is 5.53. The molecular formula is C10H8Cl2N4S. The molecule has 2 rings (SSSR count). The highest BCUT2D eigenvalue weighted by Gasteiger charge is 2.06. The standard InChI is InChI=1S/C10H8Cl2N4S/c1-13-9-14-8(12)15-10(16-9)17-7-4-2-3-6(11)5-7/h2-5H,1H3,(H,13,14,15,16). The van der Waals surface area contributed by atoms with Crippen LogP contribution in [0.5, 0.6) is 0 Å². The number of nitrogens with one attached hydrogen (secondary N) is 1. The van der Waals surface area contributed by atoms with Crippen LogP contribution in [0.3, 0.4) is 0 Å². The van der Waals surface area contributed by atoms with Crippen molar-refractivity contribution in [2.75, 3.05) is 12.4 Å². The molecule has 1 aromatic carbocycles. The van der Waals surface area contributed by atoms with Gasteiger partial charge in [0.05, 0.1) is 0 Å².